The first-order chi connectivity index (χ1) is 15.9. The van der Waals surface area contributed by atoms with Crippen LogP contribution in [0.25, 0.3) is 34.4 Å². The minimum absolute atomic E-state index is 1.33. The van der Waals surface area contributed by atoms with Crippen LogP contribution in [0.15, 0.2) is 133 Å². The molecule has 0 saturated carbocycles. The molecule has 0 radical (unpaired) electrons. The maximum absolute atomic E-state index is 2.33. The van der Waals surface area contributed by atoms with Gasteiger partial charge in [0, 0.05) is 0 Å². The summed E-state index contributed by atoms with van der Waals surface area (Å²) in [6.07, 6.45) is 4.65. The van der Waals surface area contributed by atoms with Crippen LogP contribution in [0, 0.1) is 0 Å². The highest BCUT2D eigenvalue weighted by Crippen LogP contribution is 2.30. The molecule has 0 atom stereocenters. The maximum Gasteiger partial charge on any atom is -0.00926 e. The zero-order valence-electron chi connectivity index (χ0n) is 17.9. The molecule has 0 heteroatoms. The molecule has 0 nitrogen and oxygen atoms in total. The molecule has 0 bridgehead atoms. The van der Waals surface area contributed by atoms with Gasteiger partial charge in [-0.05, 0) is 56.0 Å². The summed E-state index contributed by atoms with van der Waals surface area (Å²) in [6.45, 7) is 0. The van der Waals surface area contributed by atoms with E-state index in [1.807, 2.05) is 72.8 Å². The Hall–Kier alpha value is -4.16. The van der Waals surface area contributed by atoms with Crippen LogP contribution in [-0.2, 0) is 0 Å². The summed E-state index contributed by atoms with van der Waals surface area (Å²) in [5, 5.41) is 2.75. The average Bonchev–Trinajstić information content (AvgIpc) is 3.45. The van der Waals surface area contributed by atoms with Gasteiger partial charge < -0.3 is 0 Å². The molecule has 152 valence electrons. The second-order valence-corrected chi connectivity index (χ2v) is 7.76. The van der Waals surface area contributed by atoms with Crippen LogP contribution in [0.1, 0.15) is 11.1 Å². The first kappa shape index (κ1) is 19.8. The first-order valence-corrected chi connectivity index (χ1v) is 11.0. The Morgan fingerprint density at radius 1 is 0.250 bits per heavy atom. The Bertz CT molecular complexity index is 1280. The van der Waals surface area contributed by atoms with Crippen molar-refractivity contribution < 1.29 is 0 Å². The van der Waals surface area contributed by atoms with Crippen LogP contribution in [0.5, 0.6) is 0 Å². The lowest BCUT2D eigenvalue weighted by atomic mass is 10.0. The second kappa shape index (κ2) is 9.32. The summed E-state index contributed by atoms with van der Waals surface area (Å²) in [5.41, 5.74) is 8.11. The van der Waals surface area contributed by atoms with Crippen LogP contribution in [-0.4, -0.2) is 0 Å². The van der Waals surface area contributed by atoms with Crippen molar-refractivity contribution in [3.63, 3.8) is 0 Å². The molecular weight excluding hydrogens is 384 g/mol. The normalized spacial score (nSPS) is 11.0. The molecule has 0 heterocycles. The highest BCUT2D eigenvalue weighted by molar-refractivity contribution is 5.89. The van der Waals surface area contributed by atoms with E-state index < -0.39 is 0 Å². The fourth-order valence-electron chi connectivity index (χ4n) is 4.23. The van der Waals surface area contributed by atoms with Crippen molar-refractivity contribution in [3.8, 4) is 22.3 Å². The Balaban J connectivity index is 0.000000148. The molecule has 0 saturated heterocycles. The molecule has 2 aliphatic rings. The van der Waals surface area contributed by atoms with Crippen molar-refractivity contribution in [1.29, 1.82) is 0 Å². The van der Waals surface area contributed by atoms with Gasteiger partial charge in [-0.15, -0.1) is 0 Å². The second-order valence-electron chi connectivity index (χ2n) is 7.76. The van der Waals surface area contributed by atoms with Crippen molar-refractivity contribution in [2.45, 2.75) is 0 Å². The summed E-state index contributed by atoms with van der Waals surface area (Å²) in [5.74, 6) is 0. The minimum atomic E-state index is 1.33. The summed E-state index contributed by atoms with van der Waals surface area (Å²) in [4.78, 5) is 0. The van der Waals surface area contributed by atoms with Crippen LogP contribution in [0.4, 0.5) is 0 Å². The van der Waals surface area contributed by atoms with Crippen molar-refractivity contribution >= 4 is 12.2 Å². The minimum Gasteiger partial charge on any atom is -0.0623 e. The van der Waals surface area contributed by atoms with Crippen molar-refractivity contribution in [1.82, 2.24) is 0 Å². The van der Waals surface area contributed by atoms with E-state index in [0.717, 1.165) is 0 Å². The Morgan fingerprint density at radius 3 is 0.906 bits per heavy atom. The zero-order valence-corrected chi connectivity index (χ0v) is 17.9. The van der Waals surface area contributed by atoms with Gasteiger partial charge in [0.05, 0.1) is 0 Å². The van der Waals surface area contributed by atoms with Gasteiger partial charge in [0.15, 0.2) is 0 Å². The fraction of sp³-hybridized carbons (Fsp3) is 0. The average molecular weight is 409 g/mol. The topological polar surface area (TPSA) is 0 Å². The molecule has 5 aromatic carbocycles. The van der Waals surface area contributed by atoms with Crippen molar-refractivity contribution in [2.24, 2.45) is 0 Å². The standard InChI is InChI=1S/C20H12.2C6H6/c1-3-7-15-13(5-1)11-19-17(15)9-10-18-16-8-4-2-6-14(16)12-20(18)19;2*1-2-4-6-5-3-1/h1-12H;2*1-6H. The summed E-state index contributed by atoms with van der Waals surface area (Å²) < 4.78 is 0. The summed E-state index contributed by atoms with van der Waals surface area (Å²) >= 11 is 0. The third-order valence-corrected chi connectivity index (χ3v) is 5.72. The SMILES string of the molecule is C1=c2c(ccc3c2=Cc2ccccc2-3)-c2ccccc21.c1ccccc1.c1ccccc1. The van der Waals surface area contributed by atoms with E-state index in [-0.39, 0.29) is 0 Å². The van der Waals surface area contributed by atoms with E-state index in [1.165, 1.54) is 43.8 Å². The lowest BCUT2D eigenvalue weighted by Crippen LogP contribution is -2.25. The smallest absolute Gasteiger partial charge is 0.00926 e. The summed E-state index contributed by atoms with van der Waals surface area (Å²) in [6, 6.07) is 45.8. The molecule has 2 aliphatic carbocycles. The highest BCUT2D eigenvalue weighted by atomic mass is 14.2. The third-order valence-electron chi connectivity index (χ3n) is 5.72. The molecule has 7 rings (SSSR count). The maximum atomic E-state index is 2.33. The van der Waals surface area contributed by atoms with Crippen LogP contribution < -0.4 is 10.4 Å². The number of benzene rings is 5. The Kier molecular flexibility index (Phi) is 5.76. The predicted octanol–water partition coefficient (Wildman–Crippen LogP) is 6.68. The number of rotatable bonds is 0. The fourth-order valence-corrected chi connectivity index (χ4v) is 4.23. The highest BCUT2D eigenvalue weighted by Gasteiger charge is 2.17. The number of hydrogen-bond acceptors (Lipinski definition) is 0. The van der Waals surface area contributed by atoms with E-state index in [2.05, 4.69) is 72.8 Å². The molecule has 5 aromatic rings. The molecule has 0 N–H and O–H groups in total. The van der Waals surface area contributed by atoms with Gasteiger partial charge in [-0.1, -0.05) is 133 Å². The molecule has 0 aliphatic heterocycles. The van der Waals surface area contributed by atoms with E-state index in [9.17, 15) is 0 Å². The van der Waals surface area contributed by atoms with Gasteiger partial charge in [-0.25, -0.2) is 0 Å². The van der Waals surface area contributed by atoms with Gasteiger partial charge in [0.25, 0.3) is 0 Å². The Labute approximate surface area is 189 Å². The molecule has 0 unspecified atom stereocenters. The largest absolute Gasteiger partial charge is 0.0623 e. The zero-order chi connectivity index (χ0) is 21.6. The molecule has 32 heavy (non-hydrogen) atoms. The van der Waals surface area contributed by atoms with Crippen LogP contribution in [0.2, 0.25) is 0 Å². The molecule has 0 amide bonds. The van der Waals surface area contributed by atoms with Gasteiger partial charge >= 0.3 is 0 Å². The predicted molar refractivity (Wildman–Crippen MR) is 137 cm³/mol. The van der Waals surface area contributed by atoms with E-state index in [1.54, 1.807) is 0 Å². The van der Waals surface area contributed by atoms with E-state index in [4.69, 9.17) is 0 Å². The third kappa shape index (κ3) is 4.04. The molecular formula is C32H24. The monoisotopic (exact) mass is 408 g/mol. The first-order valence-electron chi connectivity index (χ1n) is 11.0. The van der Waals surface area contributed by atoms with Crippen LogP contribution >= 0.6 is 0 Å². The molecule has 0 spiro atoms. The van der Waals surface area contributed by atoms with Gasteiger partial charge in [-0.2, -0.15) is 0 Å². The van der Waals surface area contributed by atoms with Gasteiger partial charge in [-0.3, -0.25) is 0 Å². The van der Waals surface area contributed by atoms with E-state index in [0.29, 0.717) is 0 Å². The molecule has 0 aromatic heterocycles. The lowest BCUT2D eigenvalue weighted by molar-refractivity contribution is 1.54. The summed E-state index contributed by atoms with van der Waals surface area (Å²) in [7, 11) is 0. The van der Waals surface area contributed by atoms with Crippen molar-refractivity contribution in [3.05, 3.63) is 155 Å². The van der Waals surface area contributed by atoms with E-state index >= 15 is 0 Å². The quantitative estimate of drug-likeness (QED) is 0.263. The van der Waals surface area contributed by atoms with Crippen LogP contribution in [0.3, 0.4) is 0 Å². The number of hydrogen-bond donors (Lipinski definition) is 0. The number of fused-ring (bicyclic) bond motifs is 7. The molecule has 0 fully saturated rings. The lowest BCUT2D eigenvalue weighted by Gasteiger charge is -2.03. The Morgan fingerprint density at radius 2 is 0.562 bits per heavy atom. The van der Waals surface area contributed by atoms with Gasteiger partial charge in [0.1, 0.15) is 0 Å². The van der Waals surface area contributed by atoms with Gasteiger partial charge in [0.2, 0.25) is 0 Å². The van der Waals surface area contributed by atoms with Crippen molar-refractivity contribution in [2.75, 3.05) is 0 Å².